The molecule has 1 aromatic heterocycles. The van der Waals surface area contributed by atoms with Crippen LogP contribution >= 0.6 is 0 Å². The lowest BCUT2D eigenvalue weighted by molar-refractivity contribution is -0.147. The molecule has 0 saturated carbocycles. The third-order valence-corrected chi connectivity index (χ3v) is 3.01. The highest BCUT2D eigenvalue weighted by atomic mass is 16.4. The van der Waals surface area contributed by atoms with Crippen molar-refractivity contribution in [2.24, 2.45) is 5.92 Å². The molecule has 1 aromatic rings. The van der Waals surface area contributed by atoms with Crippen LogP contribution in [0.25, 0.3) is 0 Å². The van der Waals surface area contributed by atoms with Gasteiger partial charge in [0.1, 0.15) is 11.6 Å². The van der Waals surface area contributed by atoms with Crippen LogP contribution < -0.4 is 0 Å². The van der Waals surface area contributed by atoms with Crippen LogP contribution in [-0.2, 0) is 10.3 Å². The summed E-state index contributed by atoms with van der Waals surface area (Å²) in [5.41, 5.74) is -1.00. The van der Waals surface area contributed by atoms with Gasteiger partial charge in [0.05, 0.1) is 0 Å². The van der Waals surface area contributed by atoms with Crippen molar-refractivity contribution in [2.45, 2.75) is 53.0 Å². The molecule has 0 saturated heterocycles. The lowest BCUT2D eigenvalue weighted by Gasteiger charge is -2.26. The number of rotatable bonds is 5. The van der Waals surface area contributed by atoms with Gasteiger partial charge in [0.15, 0.2) is 5.54 Å². The molecule has 1 atom stereocenters. The molecular formula is C12H21N3O2. The van der Waals surface area contributed by atoms with Crippen molar-refractivity contribution in [1.82, 2.24) is 14.8 Å². The summed E-state index contributed by atoms with van der Waals surface area (Å²) < 4.78 is 1.53. The summed E-state index contributed by atoms with van der Waals surface area (Å²) in [5, 5.41) is 13.7. The van der Waals surface area contributed by atoms with E-state index in [2.05, 4.69) is 23.9 Å². The first-order chi connectivity index (χ1) is 7.77. The van der Waals surface area contributed by atoms with Gasteiger partial charge in [0, 0.05) is 0 Å². The lowest BCUT2D eigenvalue weighted by Crippen LogP contribution is -2.40. The molecule has 0 aliphatic heterocycles. The Labute approximate surface area is 102 Å². The summed E-state index contributed by atoms with van der Waals surface area (Å²) in [5.74, 6) is 0.875. The van der Waals surface area contributed by atoms with Crippen molar-refractivity contribution in [3.8, 4) is 0 Å². The molecule has 17 heavy (non-hydrogen) atoms. The topological polar surface area (TPSA) is 68.0 Å². The van der Waals surface area contributed by atoms with Crippen molar-refractivity contribution in [1.29, 1.82) is 0 Å². The zero-order valence-corrected chi connectivity index (χ0v) is 11.2. The van der Waals surface area contributed by atoms with E-state index in [4.69, 9.17) is 0 Å². The number of hydrogen-bond donors (Lipinski definition) is 1. The van der Waals surface area contributed by atoms with Crippen LogP contribution in [0.15, 0.2) is 0 Å². The number of nitrogens with zero attached hydrogens (tertiary/aromatic N) is 3. The average Bonchev–Trinajstić information content (AvgIpc) is 2.54. The van der Waals surface area contributed by atoms with E-state index in [-0.39, 0.29) is 0 Å². The van der Waals surface area contributed by atoms with Gasteiger partial charge in [0.2, 0.25) is 0 Å². The Bertz CT molecular complexity index is 412. The van der Waals surface area contributed by atoms with Gasteiger partial charge in [-0.1, -0.05) is 13.8 Å². The number of aliphatic carboxylic acids is 1. The van der Waals surface area contributed by atoms with Crippen molar-refractivity contribution in [3.05, 3.63) is 11.6 Å². The maximum atomic E-state index is 11.5. The molecule has 1 N–H and O–H groups in total. The molecule has 0 amide bonds. The van der Waals surface area contributed by atoms with Crippen LogP contribution in [-0.4, -0.2) is 25.8 Å². The first-order valence-electron chi connectivity index (χ1n) is 5.91. The monoisotopic (exact) mass is 239 g/mol. The van der Waals surface area contributed by atoms with E-state index >= 15 is 0 Å². The van der Waals surface area contributed by atoms with Gasteiger partial charge in [-0.3, -0.25) is 0 Å². The molecule has 5 nitrogen and oxygen atoms in total. The number of carboxylic acid groups (broad SMARTS) is 1. The maximum absolute atomic E-state index is 11.5. The van der Waals surface area contributed by atoms with Crippen LogP contribution in [0.5, 0.6) is 0 Å². The van der Waals surface area contributed by atoms with Gasteiger partial charge >= 0.3 is 5.97 Å². The summed E-state index contributed by atoms with van der Waals surface area (Å²) in [4.78, 5) is 15.7. The van der Waals surface area contributed by atoms with Crippen LogP contribution in [0.2, 0.25) is 0 Å². The average molecular weight is 239 g/mol. The van der Waals surface area contributed by atoms with E-state index in [1.54, 1.807) is 20.8 Å². The van der Waals surface area contributed by atoms with E-state index in [1.807, 2.05) is 0 Å². The third kappa shape index (κ3) is 2.84. The molecular weight excluding hydrogens is 218 g/mol. The second-order valence-corrected chi connectivity index (χ2v) is 5.13. The second kappa shape index (κ2) is 4.85. The Hall–Kier alpha value is -1.39. The number of carbonyl (C=O) groups is 1. The minimum atomic E-state index is -1.00. The molecule has 1 rings (SSSR count). The smallest absolute Gasteiger partial charge is 0.331 e. The van der Waals surface area contributed by atoms with Gasteiger partial charge in [-0.05, 0) is 39.5 Å². The Balaban J connectivity index is 3.07. The highest BCUT2D eigenvalue weighted by Crippen LogP contribution is 2.25. The molecule has 0 fully saturated rings. The van der Waals surface area contributed by atoms with Gasteiger partial charge < -0.3 is 5.11 Å². The van der Waals surface area contributed by atoms with Crippen LogP contribution in [0.3, 0.4) is 0 Å². The highest BCUT2D eigenvalue weighted by Gasteiger charge is 2.37. The highest BCUT2D eigenvalue weighted by molar-refractivity contribution is 5.76. The zero-order chi connectivity index (χ0) is 13.2. The standard InChI is InChI=1S/C12H21N3O2/c1-8(2)6-7-12(5,11(16)17)15-10(4)13-9(3)14-15/h8H,6-7H2,1-5H3,(H,16,17). The van der Waals surface area contributed by atoms with E-state index in [0.717, 1.165) is 6.42 Å². The molecule has 0 bridgehead atoms. The fourth-order valence-corrected chi connectivity index (χ4v) is 1.86. The van der Waals surface area contributed by atoms with E-state index < -0.39 is 11.5 Å². The predicted molar refractivity (Wildman–Crippen MR) is 64.9 cm³/mol. The fourth-order valence-electron chi connectivity index (χ4n) is 1.86. The minimum Gasteiger partial charge on any atom is -0.479 e. The van der Waals surface area contributed by atoms with Crippen LogP contribution in [0.1, 0.15) is 45.3 Å². The van der Waals surface area contributed by atoms with E-state index in [9.17, 15) is 9.90 Å². The minimum absolute atomic E-state index is 0.471. The Morgan fingerprint density at radius 1 is 1.47 bits per heavy atom. The largest absolute Gasteiger partial charge is 0.479 e. The molecule has 1 heterocycles. The van der Waals surface area contributed by atoms with Gasteiger partial charge in [-0.15, -0.1) is 0 Å². The van der Waals surface area contributed by atoms with Gasteiger partial charge in [0.25, 0.3) is 0 Å². The Morgan fingerprint density at radius 2 is 2.06 bits per heavy atom. The molecule has 0 radical (unpaired) electrons. The predicted octanol–water partition coefficient (Wildman–Crippen LogP) is 2.13. The third-order valence-electron chi connectivity index (χ3n) is 3.01. The van der Waals surface area contributed by atoms with Crippen molar-refractivity contribution in [3.63, 3.8) is 0 Å². The van der Waals surface area contributed by atoms with Crippen LogP contribution in [0.4, 0.5) is 0 Å². The molecule has 0 aromatic carbocycles. The van der Waals surface area contributed by atoms with Crippen LogP contribution in [0, 0.1) is 19.8 Å². The first kappa shape index (κ1) is 13.7. The molecule has 5 heteroatoms. The van der Waals surface area contributed by atoms with E-state index in [1.165, 1.54) is 4.68 Å². The molecule has 1 unspecified atom stereocenters. The summed E-state index contributed by atoms with van der Waals surface area (Å²) in [6, 6.07) is 0. The Kier molecular flexibility index (Phi) is 3.91. The molecule has 0 aliphatic carbocycles. The first-order valence-corrected chi connectivity index (χ1v) is 5.91. The summed E-state index contributed by atoms with van der Waals surface area (Å²) in [7, 11) is 0. The summed E-state index contributed by atoms with van der Waals surface area (Å²) in [6.07, 6.45) is 1.41. The number of hydrogen-bond acceptors (Lipinski definition) is 3. The quantitative estimate of drug-likeness (QED) is 0.854. The maximum Gasteiger partial charge on any atom is 0.331 e. The lowest BCUT2D eigenvalue weighted by atomic mass is 9.92. The van der Waals surface area contributed by atoms with Crippen molar-refractivity contribution < 1.29 is 9.90 Å². The fraction of sp³-hybridized carbons (Fsp3) is 0.750. The zero-order valence-electron chi connectivity index (χ0n) is 11.2. The molecule has 0 aliphatic rings. The Morgan fingerprint density at radius 3 is 2.41 bits per heavy atom. The van der Waals surface area contributed by atoms with E-state index in [0.29, 0.717) is 24.0 Å². The van der Waals surface area contributed by atoms with Crippen molar-refractivity contribution in [2.75, 3.05) is 0 Å². The molecule has 0 spiro atoms. The van der Waals surface area contributed by atoms with Gasteiger partial charge in [-0.2, -0.15) is 5.10 Å². The second-order valence-electron chi connectivity index (χ2n) is 5.13. The van der Waals surface area contributed by atoms with Crippen molar-refractivity contribution >= 4 is 5.97 Å². The molecule has 96 valence electrons. The normalized spacial score (nSPS) is 14.9. The number of carboxylic acids is 1. The van der Waals surface area contributed by atoms with Gasteiger partial charge in [-0.25, -0.2) is 14.5 Å². The number of aryl methyl sites for hydroxylation is 2. The summed E-state index contributed by atoms with van der Waals surface area (Å²) in [6.45, 7) is 9.44. The summed E-state index contributed by atoms with van der Waals surface area (Å²) >= 11 is 0. The number of aromatic nitrogens is 3. The SMILES string of the molecule is Cc1nc(C)n(C(C)(CCC(C)C)C(=O)O)n1.